The van der Waals surface area contributed by atoms with Gasteiger partial charge in [0.25, 0.3) is 0 Å². The Morgan fingerprint density at radius 1 is 1.18 bits per heavy atom. The Morgan fingerprint density at radius 2 is 1.77 bits per heavy atom. The van der Waals surface area contributed by atoms with Crippen LogP contribution in [0.15, 0.2) is 24.3 Å². The average molecular weight is 308 g/mol. The minimum absolute atomic E-state index is 0.219. The van der Waals surface area contributed by atoms with E-state index in [2.05, 4.69) is 14.8 Å². The Balaban J connectivity index is 2.54. The third kappa shape index (κ3) is 5.53. The first kappa shape index (κ1) is 17.6. The molecule has 1 aromatic rings. The van der Waals surface area contributed by atoms with E-state index in [0.717, 1.165) is 0 Å². The van der Waals surface area contributed by atoms with Gasteiger partial charge in [0.2, 0.25) is 0 Å². The SMILES string of the molecule is COC(=O)c1ccc(NC(=O)OC(=O)[C@@H](N)CC(C)C)cc1. The molecular formula is C15H20N2O5. The summed E-state index contributed by atoms with van der Waals surface area (Å²) in [4.78, 5) is 34.4. The van der Waals surface area contributed by atoms with E-state index in [1.807, 2.05) is 13.8 Å². The van der Waals surface area contributed by atoms with E-state index in [1.54, 1.807) is 0 Å². The number of amides is 1. The second-order valence-corrected chi connectivity index (χ2v) is 5.14. The van der Waals surface area contributed by atoms with Gasteiger partial charge in [0.05, 0.1) is 12.7 Å². The standard InChI is InChI=1S/C15H20N2O5/c1-9(2)8-12(16)14(19)22-15(20)17-11-6-4-10(5-7-11)13(18)21-3/h4-7,9,12H,8,16H2,1-3H3,(H,17,20)/t12-/m0/s1. The van der Waals surface area contributed by atoms with Gasteiger partial charge in [-0.05, 0) is 36.6 Å². The van der Waals surface area contributed by atoms with Crippen LogP contribution in [0.25, 0.3) is 0 Å². The highest BCUT2D eigenvalue weighted by molar-refractivity contribution is 5.95. The van der Waals surface area contributed by atoms with Gasteiger partial charge in [-0.1, -0.05) is 13.8 Å². The molecule has 0 aliphatic carbocycles. The minimum atomic E-state index is -0.921. The molecule has 0 bridgehead atoms. The molecule has 0 saturated carbocycles. The molecule has 7 heteroatoms. The highest BCUT2D eigenvalue weighted by Gasteiger charge is 2.20. The van der Waals surface area contributed by atoms with Crippen LogP contribution in [-0.4, -0.2) is 31.2 Å². The van der Waals surface area contributed by atoms with Gasteiger partial charge < -0.3 is 15.2 Å². The molecule has 1 amide bonds. The normalized spacial score (nSPS) is 11.7. The fourth-order valence-corrected chi connectivity index (χ4v) is 1.72. The molecule has 22 heavy (non-hydrogen) atoms. The van der Waals surface area contributed by atoms with E-state index in [0.29, 0.717) is 17.7 Å². The van der Waals surface area contributed by atoms with Crippen molar-refractivity contribution in [3.63, 3.8) is 0 Å². The third-order valence-corrected chi connectivity index (χ3v) is 2.77. The predicted octanol–water partition coefficient (Wildman–Crippen LogP) is 1.92. The maximum absolute atomic E-state index is 11.6. The zero-order valence-electron chi connectivity index (χ0n) is 12.8. The number of hydrogen-bond donors (Lipinski definition) is 2. The molecule has 0 unspecified atom stereocenters. The molecule has 0 aliphatic heterocycles. The lowest BCUT2D eigenvalue weighted by molar-refractivity contribution is -0.138. The number of nitrogens with two attached hydrogens (primary N) is 1. The van der Waals surface area contributed by atoms with Crippen LogP contribution in [0, 0.1) is 5.92 Å². The van der Waals surface area contributed by atoms with E-state index in [-0.39, 0.29) is 5.92 Å². The average Bonchev–Trinajstić information content (AvgIpc) is 2.46. The zero-order valence-corrected chi connectivity index (χ0v) is 12.8. The number of carbonyl (C=O) groups is 3. The van der Waals surface area contributed by atoms with Crippen LogP contribution in [-0.2, 0) is 14.3 Å². The van der Waals surface area contributed by atoms with E-state index < -0.39 is 24.1 Å². The van der Waals surface area contributed by atoms with Gasteiger partial charge in [-0.3, -0.25) is 5.32 Å². The molecular weight excluding hydrogens is 288 g/mol. The predicted molar refractivity (Wildman–Crippen MR) is 80.3 cm³/mol. The number of carbonyl (C=O) groups excluding carboxylic acids is 3. The Kier molecular flexibility index (Phi) is 6.52. The molecule has 120 valence electrons. The van der Waals surface area contributed by atoms with Crippen LogP contribution in [0.3, 0.4) is 0 Å². The maximum atomic E-state index is 11.6. The third-order valence-electron chi connectivity index (χ3n) is 2.77. The quantitative estimate of drug-likeness (QED) is 0.635. The lowest BCUT2D eigenvalue weighted by Gasteiger charge is -2.12. The van der Waals surface area contributed by atoms with Crippen LogP contribution in [0.2, 0.25) is 0 Å². The molecule has 0 fully saturated rings. The van der Waals surface area contributed by atoms with Gasteiger partial charge in [-0.15, -0.1) is 0 Å². The number of nitrogens with one attached hydrogen (secondary N) is 1. The first-order valence-electron chi connectivity index (χ1n) is 6.80. The van der Waals surface area contributed by atoms with Crippen molar-refractivity contribution in [2.45, 2.75) is 26.3 Å². The summed E-state index contributed by atoms with van der Waals surface area (Å²) in [5.74, 6) is -1.04. The minimum Gasteiger partial charge on any atom is -0.465 e. The van der Waals surface area contributed by atoms with E-state index in [9.17, 15) is 14.4 Å². The van der Waals surface area contributed by atoms with Crippen molar-refractivity contribution in [1.29, 1.82) is 0 Å². The number of methoxy groups -OCH3 is 1. The van der Waals surface area contributed by atoms with Crippen molar-refractivity contribution >= 4 is 23.7 Å². The van der Waals surface area contributed by atoms with Crippen molar-refractivity contribution in [3.05, 3.63) is 29.8 Å². The summed E-state index contributed by atoms with van der Waals surface area (Å²) in [6, 6.07) is 5.10. The van der Waals surface area contributed by atoms with Gasteiger partial charge in [0.1, 0.15) is 6.04 Å². The number of esters is 2. The highest BCUT2D eigenvalue weighted by Crippen LogP contribution is 2.11. The van der Waals surface area contributed by atoms with Crippen LogP contribution in [0.5, 0.6) is 0 Å². The molecule has 7 nitrogen and oxygen atoms in total. The molecule has 3 N–H and O–H groups in total. The smallest absolute Gasteiger partial charge is 0.419 e. The fraction of sp³-hybridized carbons (Fsp3) is 0.400. The van der Waals surface area contributed by atoms with Gasteiger partial charge in [-0.25, -0.2) is 14.4 Å². The fourth-order valence-electron chi connectivity index (χ4n) is 1.72. The van der Waals surface area contributed by atoms with Crippen LogP contribution < -0.4 is 11.1 Å². The van der Waals surface area contributed by atoms with Crippen molar-refractivity contribution in [2.75, 3.05) is 12.4 Å². The van der Waals surface area contributed by atoms with E-state index >= 15 is 0 Å². The van der Waals surface area contributed by atoms with E-state index in [4.69, 9.17) is 5.73 Å². The monoisotopic (exact) mass is 308 g/mol. The lowest BCUT2D eigenvalue weighted by Crippen LogP contribution is -2.36. The lowest BCUT2D eigenvalue weighted by atomic mass is 10.1. The highest BCUT2D eigenvalue weighted by atomic mass is 16.6. The van der Waals surface area contributed by atoms with Crippen molar-refractivity contribution in [2.24, 2.45) is 11.7 Å². The molecule has 0 heterocycles. The maximum Gasteiger partial charge on any atom is 0.419 e. The van der Waals surface area contributed by atoms with Gasteiger partial charge in [-0.2, -0.15) is 0 Å². The van der Waals surface area contributed by atoms with Crippen molar-refractivity contribution in [1.82, 2.24) is 0 Å². The van der Waals surface area contributed by atoms with Gasteiger partial charge in [0.15, 0.2) is 0 Å². The van der Waals surface area contributed by atoms with Crippen LogP contribution in [0.4, 0.5) is 10.5 Å². The van der Waals surface area contributed by atoms with Gasteiger partial charge in [0, 0.05) is 5.69 Å². The summed E-state index contributed by atoms with van der Waals surface area (Å²) in [6.07, 6.45) is -0.491. The summed E-state index contributed by atoms with van der Waals surface area (Å²) in [5, 5.41) is 2.38. The Bertz CT molecular complexity index is 539. The van der Waals surface area contributed by atoms with Gasteiger partial charge >= 0.3 is 18.0 Å². The summed E-state index contributed by atoms with van der Waals surface area (Å²) in [5.41, 5.74) is 6.34. The molecule has 1 aromatic carbocycles. The van der Waals surface area contributed by atoms with Crippen molar-refractivity contribution in [3.8, 4) is 0 Å². The second-order valence-electron chi connectivity index (χ2n) is 5.14. The molecule has 1 atom stereocenters. The molecule has 0 saturated heterocycles. The first-order chi connectivity index (χ1) is 10.3. The molecule has 0 spiro atoms. The van der Waals surface area contributed by atoms with Crippen molar-refractivity contribution < 1.29 is 23.9 Å². The van der Waals surface area contributed by atoms with E-state index in [1.165, 1.54) is 31.4 Å². The molecule has 1 rings (SSSR count). The Labute approximate surface area is 128 Å². The van der Waals surface area contributed by atoms with Crippen LogP contribution in [0.1, 0.15) is 30.6 Å². The largest absolute Gasteiger partial charge is 0.465 e. The topological polar surface area (TPSA) is 108 Å². The summed E-state index contributed by atoms with van der Waals surface area (Å²) >= 11 is 0. The Hall–Kier alpha value is -2.41. The Morgan fingerprint density at radius 3 is 2.27 bits per heavy atom. The summed E-state index contributed by atoms with van der Waals surface area (Å²) < 4.78 is 9.17. The number of ether oxygens (including phenoxy) is 2. The van der Waals surface area contributed by atoms with Crippen LogP contribution >= 0.6 is 0 Å². The molecule has 0 radical (unpaired) electrons. The zero-order chi connectivity index (χ0) is 16.7. The number of rotatable bonds is 5. The second kappa shape index (κ2) is 8.14. The molecule has 0 aromatic heterocycles. The number of hydrogen-bond acceptors (Lipinski definition) is 6. The number of anilines is 1. The first-order valence-corrected chi connectivity index (χ1v) is 6.80. The number of benzene rings is 1. The molecule has 0 aliphatic rings. The summed E-state index contributed by atoms with van der Waals surface area (Å²) in [7, 11) is 1.28. The summed E-state index contributed by atoms with van der Waals surface area (Å²) in [6.45, 7) is 3.83.